The van der Waals surface area contributed by atoms with E-state index in [2.05, 4.69) is 26.7 Å². The molecule has 0 N–H and O–H groups in total. The van der Waals surface area contributed by atoms with Crippen molar-refractivity contribution in [2.45, 2.75) is 30.2 Å². The van der Waals surface area contributed by atoms with E-state index in [1.54, 1.807) is 24.3 Å². The number of aliphatic imine (C=N–C) groups is 1. The molecule has 0 amide bonds. The lowest BCUT2D eigenvalue weighted by Gasteiger charge is -2.25. The molecule has 4 heterocycles. The first-order valence-electron chi connectivity index (χ1n) is 11.6. The third-order valence-corrected chi connectivity index (χ3v) is 7.97. The standard InChI is InChI=1S/C27H24FN3O3S/c1-35(32,33)22-6-7-24(30-16-22)26-23-12-18-14-29-15-19(18)13-25(23)31(21-4-2-20(28)3-5-21)27(26)17-8-10-34-11-9-17/h2-7,12-13,15-17H,8-11,14H2,1H3. The van der Waals surface area contributed by atoms with E-state index in [4.69, 9.17) is 4.74 Å². The normalized spacial score (nSPS) is 16.2. The van der Waals surface area contributed by atoms with Gasteiger partial charge in [0.1, 0.15) is 5.82 Å². The Balaban J connectivity index is 1.69. The number of hydrogen-bond donors (Lipinski definition) is 0. The second kappa shape index (κ2) is 8.39. The lowest BCUT2D eigenvalue weighted by Crippen LogP contribution is -2.17. The van der Waals surface area contributed by atoms with Gasteiger partial charge in [0.05, 0.1) is 22.7 Å². The summed E-state index contributed by atoms with van der Waals surface area (Å²) in [4.78, 5) is 9.24. The van der Waals surface area contributed by atoms with Crippen LogP contribution in [0.2, 0.25) is 0 Å². The topological polar surface area (TPSA) is 73.6 Å². The first-order chi connectivity index (χ1) is 16.9. The molecule has 2 aromatic carbocycles. The largest absolute Gasteiger partial charge is 0.381 e. The Bertz CT molecular complexity index is 1570. The summed E-state index contributed by atoms with van der Waals surface area (Å²) in [5, 5.41) is 1.03. The monoisotopic (exact) mass is 489 g/mol. The predicted octanol–water partition coefficient (Wildman–Crippen LogP) is 5.06. The van der Waals surface area contributed by atoms with Gasteiger partial charge in [0.15, 0.2) is 9.84 Å². The zero-order chi connectivity index (χ0) is 24.2. The quantitative estimate of drug-likeness (QED) is 0.402. The number of nitrogens with zero attached hydrogens (tertiary/aromatic N) is 3. The molecule has 0 aliphatic carbocycles. The minimum Gasteiger partial charge on any atom is -0.381 e. The predicted molar refractivity (Wildman–Crippen MR) is 134 cm³/mol. The average molecular weight is 490 g/mol. The van der Waals surface area contributed by atoms with Crippen molar-refractivity contribution >= 4 is 27.0 Å². The van der Waals surface area contributed by atoms with Gasteiger partial charge in [-0.3, -0.25) is 9.98 Å². The summed E-state index contributed by atoms with van der Waals surface area (Å²) in [5.41, 5.74) is 6.86. The number of benzene rings is 2. The molecule has 6 rings (SSSR count). The van der Waals surface area contributed by atoms with Gasteiger partial charge in [0.25, 0.3) is 0 Å². The molecule has 178 valence electrons. The van der Waals surface area contributed by atoms with Gasteiger partial charge in [-0.05, 0) is 72.5 Å². The lowest BCUT2D eigenvalue weighted by molar-refractivity contribution is 0.0843. The Hall–Kier alpha value is -3.36. The molecule has 0 bridgehead atoms. The fraction of sp³-hybridized carbons (Fsp3) is 0.259. The van der Waals surface area contributed by atoms with E-state index in [1.807, 2.05) is 6.21 Å². The molecule has 1 fully saturated rings. The van der Waals surface area contributed by atoms with Gasteiger partial charge in [0.2, 0.25) is 0 Å². The molecular formula is C27H24FN3O3S. The smallest absolute Gasteiger partial charge is 0.177 e. The maximum Gasteiger partial charge on any atom is 0.177 e. The second-order valence-corrected chi connectivity index (χ2v) is 11.2. The van der Waals surface area contributed by atoms with Crippen molar-refractivity contribution in [2.75, 3.05) is 19.5 Å². The van der Waals surface area contributed by atoms with E-state index >= 15 is 0 Å². The van der Waals surface area contributed by atoms with Crippen molar-refractivity contribution in [2.24, 2.45) is 4.99 Å². The Labute approximate surface area is 203 Å². The van der Waals surface area contributed by atoms with Crippen LogP contribution in [-0.4, -0.2) is 43.7 Å². The summed E-state index contributed by atoms with van der Waals surface area (Å²) >= 11 is 0. The van der Waals surface area contributed by atoms with Gasteiger partial charge >= 0.3 is 0 Å². The molecule has 0 spiro atoms. The number of hydrogen-bond acceptors (Lipinski definition) is 5. The molecule has 0 saturated carbocycles. The maximum absolute atomic E-state index is 13.9. The molecule has 2 aliphatic rings. The second-order valence-electron chi connectivity index (χ2n) is 9.15. The Morgan fingerprint density at radius 3 is 2.51 bits per heavy atom. The van der Waals surface area contributed by atoms with Crippen LogP contribution in [0.4, 0.5) is 4.39 Å². The van der Waals surface area contributed by atoms with Crippen LogP contribution in [0.1, 0.15) is 35.6 Å². The van der Waals surface area contributed by atoms with Crippen molar-refractivity contribution in [1.82, 2.24) is 9.55 Å². The van der Waals surface area contributed by atoms with Gasteiger partial charge in [-0.25, -0.2) is 12.8 Å². The van der Waals surface area contributed by atoms with Crippen LogP contribution < -0.4 is 0 Å². The molecule has 6 nitrogen and oxygen atoms in total. The molecule has 2 aromatic heterocycles. The maximum atomic E-state index is 13.9. The highest BCUT2D eigenvalue weighted by Crippen LogP contribution is 2.44. The minimum absolute atomic E-state index is 0.186. The van der Waals surface area contributed by atoms with Crippen LogP contribution in [0.3, 0.4) is 0 Å². The third kappa shape index (κ3) is 3.86. The van der Waals surface area contributed by atoms with E-state index in [1.165, 1.54) is 24.6 Å². The van der Waals surface area contributed by atoms with Gasteiger partial charge < -0.3 is 9.30 Å². The molecular weight excluding hydrogens is 465 g/mol. The van der Waals surface area contributed by atoms with Gasteiger partial charge in [-0.2, -0.15) is 0 Å². The van der Waals surface area contributed by atoms with Gasteiger partial charge in [-0.15, -0.1) is 0 Å². The van der Waals surface area contributed by atoms with Crippen LogP contribution in [0, 0.1) is 5.82 Å². The third-order valence-electron chi connectivity index (χ3n) is 6.87. The van der Waals surface area contributed by atoms with Crippen molar-refractivity contribution in [3.63, 3.8) is 0 Å². The highest BCUT2D eigenvalue weighted by Gasteiger charge is 2.29. The zero-order valence-corrected chi connectivity index (χ0v) is 20.1. The first-order valence-corrected chi connectivity index (χ1v) is 13.5. The highest BCUT2D eigenvalue weighted by molar-refractivity contribution is 7.90. The number of aromatic nitrogens is 2. The van der Waals surface area contributed by atoms with Crippen LogP contribution in [0.15, 0.2) is 64.6 Å². The summed E-state index contributed by atoms with van der Waals surface area (Å²) in [6.45, 7) is 1.96. The zero-order valence-electron chi connectivity index (χ0n) is 19.2. The molecule has 2 aliphatic heterocycles. The Kier molecular flexibility index (Phi) is 5.30. The van der Waals surface area contributed by atoms with Crippen LogP contribution in [0.25, 0.3) is 27.8 Å². The van der Waals surface area contributed by atoms with Crippen LogP contribution >= 0.6 is 0 Å². The van der Waals surface area contributed by atoms with Crippen LogP contribution in [0.5, 0.6) is 0 Å². The highest BCUT2D eigenvalue weighted by atomic mass is 32.2. The van der Waals surface area contributed by atoms with E-state index in [0.717, 1.165) is 51.8 Å². The number of halogens is 1. The average Bonchev–Trinajstić information content (AvgIpc) is 3.45. The number of sulfone groups is 1. The summed E-state index contributed by atoms with van der Waals surface area (Å²) in [6, 6.07) is 14.2. The number of pyridine rings is 1. The summed E-state index contributed by atoms with van der Waals surface area (Å²) in [7, 11) is -3.36. The van der Waals surface area contributed by atoms with Crippen molar-refractivity contribution in [1.29, 1.82) is 0 Å². The molecule has 0 radical (unpaired) electrons. The van der Waals surface area contributed by atoms with E-state index in [9.17, 15) is 12.8 Å². The summed E-state index contributed by atoms with van der Waals surface area (Å²) in [6.07, 6.45) is 6.21. The summed E-state index contributed by atoms with van der Waals surface area (Å²) < 4.78 is 45.8. The Morgan fingerprint density at radius 1 is 1.06 bits per heavy atom. The van der Waals surface area contributed by atoms with Gasteiger partial charge in [0, 0.05) is 60.1 Å². The van der Waals surface area contributed by atoms with Crippen molar-refractivity contribution < 1.29 is 17.5 Å². The van der Waals surface area contributed by atoms with E-state index in [0.29, 0.717) is 25.5 Å². The van der Waals surface area contributed by atoms with Crippen molar-refractivity contribution in [3.05, 3.63) is 77.4 Å². The molecule has 1 saturated heterocycles. The van der Waals surface area contributed by atoms with E-state index in [-0.39, 0.29) is 16.6 Å². The molecule has 0 unspecified atom stereocenters. The first kappa shape index (κ1) is 22.1. The molecule has 4 aromatic rings. The van der Waals surface area contributed by atoms with Crippen molar-refractivity contribution in [3.8, 4) is 16.9 Å². The SMILES string of the molecule is CS(=O)(=O)c1ccc(-c2c(C3CCOCC3)n(-c3ccc(F)cc3)c3cc4c(cc23)CN=C4)nc1. The molecule has 0 atom stereocenters. The number of ether oxygens (including phenoxy) is 1. The van der Waals surface area contributed by atoms with Gasteiger partial charge in [-0.1, -0.05) is 0 Å². The fourth-order valence-corrected chi connectivity index (χ4v) is 5.72. The van der Waals surface area contributed by atoms with E-state index < -0.39 is 9.84 Å². The number of fused-ring (bicyclic) bond motifs is 2. The summed E-state index contributed by atoms with van der Waals surface area (Å²) in [5.74, 6) is -0.0831. The molecule has 8 heteroatoms. The lowest BCUT2D eigenvalue weighted by atomic mass is 9.91. The molecule has 35 heavy (non-hydrogen) atoms. The Morgan fingerprint density at radius 2 is 1.83 bits per heavy atom. The number of rotatable bonds is 4. The fourth-order valence-electron chi connectivity index (χ4n) is 5.16. The minimum atomic E-state index is -3.36. The van der Waals surface area contributed by atoms with Crippen LogP contribution in [-0.2, 0) is 21.1 Å².